The van der Waals surface area contributed by atoms with Gasteiger partial charge in [-0.05, 0) is 304 Å². The Bertz CT molecular complexity index is 4860. The van der Waals surface area contributed by atoms with E-state index in [9.17, 15) is 0 Å². The largest absolute Gasteiger partial charge is 0.493 e. The maximum Gasteiger partial charge on any atom is 0.142 e. The molecule has 139 heavy (non-hydrogen) atoms. The number of hydrogen-bond donors (Lipinski definition) is 0. The van der Waals surface area contributed by atoms with Crippen molar-refractivity contribution < 1.29 is 18.9 Å². The van der Waals surface area contributed by atoms with Gasteiger partial charge < -0.3 is 28.7 Å². The average molecular weight is 1900 g/mol. The normalized spacial score (nSPS) is 15.8. The fourth-order valence-electron chi connectivity index (χ4n) is 17.9. The summed E-state index contributed by atoms with van der Waals surface area (Å²) in [5, 5.41) is 0. The van der Waals surface area contributed by atoms with E-state index in [-0.39, 0.29) is 22.2 Å². The Morgan fingerprint density at radius 2 is 0.561 bits per heavy atom. The number of anilines is 2. The summed E-state index contributed by atoms with van der Waals surface area (Å²) in [5.74, 6) is 5.38. The number of rotatable bonds is 0. The lowest BCUT2D eigenvalue weighted by molar-refractivity contribution is 0.121. The van der Waals surface area contributed by atoms with Crippen molar-refractivity contribution in [2.24, 2.45) is 0 Å². The van der Waals surface area contributed by atoms with E-state index in [1.807, 2.05) is 146 Å². The molecule has 3 aromatic heterocycles. The predicted octanol–water partition coefficient (Wildman–Crippen LogP) is 29.2. The number of nitrogens with zero attached hydrogens (tertiary/aromatic N) is 10. The van der Waals surface area contributed by atoms with Gasteiger partial charge in [0.25, 0.3) is 0 Å². The van der Waals surface area contributed by atoms with Crippen LogP contribution in [0.3, 0.4) is 0 Å². The van der Waals surface area contributed by atoms with Crippen molar-refractivity contribution in [3.63, 3.8) is 0 Å². The van der Waals surface area contributed by atoms with Crippen LogP contribution in [0.1, 0.15) is 284 Å². The molecule has 0 saturated heterocycles. The topological polar surface area (TPSA) is 98.3 Å². The molecule has 0 atom stereocenters. The minimum absolute atomic E-state index is 0.167. The number of fused-ring (bicyclic) bond motifs is 11. The average Bonchev–Trinajstić information content (AvgIpc) is 1.79. The summed E-state index contributed by atoms with van der Waals surface area (Å²) in [5.41, 5.74) is 26.1. The van der Waals surface area contributed by atoms with Gasteiger partial charge in [-0.1, -0.05) is 219 Å². The van der Waals surface area contributed by atoms with Gasteiger partial charge in [0.15, 0.2) is 0 Å². The molecule has 0 radical (unpaired) electrons. The molecule has 22 rings (SSSR count). The standard InChI is InChI=1S/C14H21N.C13H19N.C12H17NO.2C12H17N.2C11H16N2.2C8H8O.C8H8S.C7H7NO.4C2H6/c1-14(2,3)15-10-8-12-6-4-5-7-13(12)9-11-15;1-13(2,3)14-9-8-11-6-4-5-7-12(11)10-14;1-12(2,3)13-8-9-14-11-7-5-4-6-10(11)13;1-12(2,3)13-8-10-6-4-5-7-11(10)9-13;1-12(2,3)13-9-8-10-6-4-5-7-11(10)13;1-11(2,3)13-7-9-4-5-12-6-10(9)8-13;1-11(2,3)13-7-9-5-4-6-12-10(9)8-13;3*1-2-4-8-7(3-1)5-6-9-8;1-3-8-5-7-6(1)2-4-9-7;4*1-2/h4-7H,8-11H2,1-3H3;4-7H,8-10H2,1-3H3;4-7H,8-9H2,1-3H3;2*4-7H,8-9H2,1-3H3;2*4-6H,7-8H2,1-3H3;3*1-4H,5-6H2;1,3,5H,2,4H2;4*1-2H3. The monoisotopic (exact) mass is 1900 g/mol. The summed E-state index contributed by atoms with van der Waals surface area (Å²) in [7, 11) is 0. The summed E-state index contributed by atoms with van der Waals surface area (Å²) in [6.45, 7) is 80.2. The van der Waals surface area contributed by atoms with Gasteiger partial charge >= 0.3 is 0 Å². The van der Waals surface area contributed by atoms with E-state index in [1.54, 1.807) is 23.5 Å². The minimum Gasteiger partial charge on any atom is -0.493 e. The Kier molecular flexibility index (Phi) is 45.7. The van der Waals surface area contributed by atoms with Crippen LogP contribution in [0.4, 0.5) is 11.4 Å². The number of thioether (sulfide) groups is 1. The third-order valence-electron chi connectivity index (χ3n) is 26.1. The van der Waals surface area contributed by atoms with Crippen molar-refractivity contribution in [3.8, 4) is 23.0 Å². The van der Waals surface area contributed by atoms with Gasteiger partial charge in [-0.25, -0.2) is 0 Å². The first kappa shape index (κ1) is 114. The van der Waals surface area contributed by atoms with Gasteiger partial charge in [-0.3, -0.25) is 39.5 Å². The van der Waals surface area contributed by atoms with Gasteiger partial charge in [0.2, 0.25) is 0 Å². The summed E-state index contributed by atoms with van der Waals surface area (Å²) in [6, 6.07) is 76.7. The second-order valence-electron chi connectivity index (χ2n) is 42.7. The Morgan fingerprint density at radius 3 is 1.02 bits per heavy atom. The van der Waals surface area contributed by atoms with Crippen LogP contribution in [0.15, 0.2) is 254 Å². The molecule has 0 saturated carbocycles. The lowest BCUT2D eigenvalue weighted by atomic mass is 9.95. The molecule has 11 aromatic rings. The highest BCUT2D eigenvalue weighted by Gasteiger charge is 2.34. The van der Waals surface area contributed by atoms with Gasteiger partial charge in [0.05, 0.1) is 43.9 Å². The quantitative estimate of drug-likeness (QED) is 0.144. The molecule has 0 aliphatic carbocycles. The Balaban J connectivity index is 0.000000187. The third-order valence-corrected chi connectivity index (χ3v) is 27.2. The van der Waals surface area contributed by atoms with Crippen LogP contribution in [0.2, 0.25) is 0 Å². The minimum atomic E-state index is 0.167. The zero-order valence-electron chi connectivity index (χ0n) is 91.4. The van der Waals surface area contributed by atoms with E-state index < -0.39 is 0 Å². The number of aromatic nitrogens is 3. The Morgan fingerprint density at radius 1 is 0.230 bits per heavy atom. The van der Waals surface area contributed by atoms with Crippen molar-refractivity contribution >= 4 is 23.1 Å². The maximum absolute atomic E-state index is 5.61. The summed E-state index contributed by atoms with van der Waals surface area (Å²) in [6.07, 6.45) is 18.6. The van der Waals surface area contributed by atoms with E-state index in [0.29, 0.717) is 16.6 Å². The number of benzene rings is 8. The molecule has 0 unspecified atom stereocenters. The Labute approximate surface area is 848 Å². The van der Waals surface area contributed by atoms with Gasteiger partial charge in [-0.15, -0.1) is 11.8 Å². The number of hydrogen-bond acceptors (Lipinski definition) is 15. The number of para-hydroxylation sites is 5. The van der Waals surface area contributed by atoms with Crippen molar-refractivity contribution in [2.75, 3.05) is 74.7 Å². The van der Waals surface area contributed by atoms with E-state index in [1.165, 1.54) is 153 Å². The van der Waals surface area contributed by atoms with Crippen molar-refractivity contribution in [1.29, 1.82) is 0 Å². The molecule has 15 heteroatoms. The fourth-order valence-corrected chi connectivity index (χ4v) is 18.9. The van der Waals surface area contributed by atoms with Crippen molar-refractivity contribution in [1.82, 2.24) is 39.5 Å². The summed E-state index contributed by atoms with van der Waals surface area (Å²) in [4.78, 5) is 31.4. The second kappa shape index (κ2) is 55.5. The molecule has 14 nitrogen and oxygen atoms in total. The number of ether oxygens (including phenoxy) is 4. The van der Waals surface area contributed by atoms with Crippen molar-refractivity contribution in [3.05, 3.63) is 333 Å². The molecule has 0 N–H and O–H groups in total. The number of aryl methyl sites for hydroxylation is 1. The van der Waals surface area contributed by atoms with Crippen LogP contribution in [0.5, 0.6) is 23.0 Å². The predicted molar refractivity (Wildman–Crippen MR) is 595 cm³/mol. The van der Waals surface area contributed by atoms with E-state index in [2.05, 4.69) is 352 Å². The SMILES string of the molecule is CC.CC.CC.CC.CC(C)(C)N1CCOc2ccccc21.CC(C)(C)N1CCc2ccccc21.CC(C)(C)N1CCc2ccccc2C1.CC(C)(C)N1CCc2ccccc2CC1.CC(C)(C)N1Cc2ccccc2C1.CC(C)(C)N1Cc2cccnc2C1.CC(C)(C)N1Cc2ccncc2C1.c1cc2c(cn1)OCC2.c1ccc2c(c1)CCO2.c1ccc2c(c1)CCO2.c1ccc2c(c1)CCS2. The molecule has 0 amide bonds. The molecule has 0 bridgehead atoms. The maximum atomic E-state index is 5.61. The van der Waals surface area contributed by atoms with E-state index in [0.717, 1.165) is 121 Å². The molecule has 0 spiro atoms. The first-order chi connectivity index (χ1) is 66.4. The fraction of sp³-hybridized carbons (Fsp3) is 0.492. The Hall–Kier alpha value is -9.84. The first-order valence-electron chi connectivity index (χ1n) is 52.2. The van der Waals surface area contributed by atoms with Crippen LogP contribution in [0.25, 0.3) is 0 Å². The highest BCUT2D eigenvalue weighted by atomic mass is 32.2. The lowest BCUT2D eigenvalue weighted by Gasteiger charge is -2.41. The third kappa shape index (κ3) is 35.7. The molecule has 0 fully saturated rings. The zero-order chi connectivity index (χ0) is 102. The first-order valence-corrected chi connectivity index (χ1v) is 53.2. The van der Waals surface area contributed by atoms with Crippen LogP contribution in [-0.4, -0.2) is 143 Å². The zero-order valence-corrected chi connectivity index (χ0v) is 92.2. The second-order valence-corrected chi connectivity index (χ2v) is 43.8. The van der Waals surface area contributed by atoms with Crippen LogP contribution < -0.4 is 28.7 Å². The highest BCUT2D eigenvalue weighted by molar-refractivity contribution is 7.99. The van der Waals surface area contributed by atoms with Crippen LogP contribution >= 0.6 is 11.8 Å². The molecular weight excluding hydrogens is 1730 g/mol. The molecule has 11 aliphatic heterocycles. The molecule has 8 aromatic carbocycles. The van der Waals surface area contributed by atoms with Crippen LogP contribution in [-0.2, 0) is 97.2 Å². The van der Waals surface area contributed by atoms with Gasteiger partial charge in [-0.2, -0.15) is 0 Å². The highest BCUT2D eigenvalue weighted by Crippen LogP contribution is 2.39. The number of pyridine rings is 3. The summed E-state index contributed by atoms with van der Waals surface area (Å²) < 4.78 is 21.4. The summed E-state index contributed by atoms with van der Waals surface area (Å²) >= 11 is 1.97. The van der Waals surface area contributed by atoms with E-state index in [4.69, 9.17) is 18.9 Å². The van der Waals surface area contributed by atoms with E-state index >= 15 is 0 Å². The van der Waals surface area contributed by atoms with Gasteiger partial charge in [0.1, 0.15) is 29.6 Å². The van der Waals surface area contributed by atoms with Crippen LogP contribution in [0, 0.1) is 0 Å². The van der Waals surface area contributed by atoms with Gasteiger partial charge in [0, 0.05) is 177 Å². The molecule has 754 valence electrons. The van der Waals surface area contributed by atoms with Crippen molar-refractivity contribution in [2.45, 2.75) is 342 Å². The lowest BCUT2D eigenvalue weighted by Crippen LogP contribution is -2.46. The molecule has 14 heterocycles. The molecular formula is C124H178N10O4S. The molecule has 11 aliphatic rings. The smallest absolute Gasteiger partial charge is 0.142 e.